The molecule has 2 N–H and O–H groups in total. The summed E-state index contributed by atoms with van der Waals surface area (Å²) in [6.45, 7) is 2.91. The number of aromatic nitrogens is 2. The molecule has 1 heterocycles. The topological polar surface area (TPSA) is 66.0 Å². The summed E-state index contributed by atoms with van der Waals surface area (Å²) in [5.41, 5.74) is 1.75. The summed E-state index contributed by atoms with van der Waals surface area (Å²) in [7, 11) is 0. The number of fused-ring (bicyclic) bond motifs is 1. The highest BCUT2D eigenvalue weighted by Gasteiger charge is 2.12. The fraction of sp³-hybridized carbons (Fsp3) is 0.167. The number of nitrogens with zero attached hydrogens (tertiary/aromatic N) is 1. The number of nitrogens with one attached hydrogen (secondary N) is 1. The van der Waals surface area contributed by atoms with Gasteiger partial charge in [-0.15, -0.1) is 0 Å². The molecule has 1 aromatic carbocycles. The van der Waals surface area contributed by atoms with Crippen LogP contribution in [0.4, 0.5) is 0 Å². The molecule has 0 saturated heterocycles. The van der Waals surface area contributed by atoms with Gasteiger partial charge in [-0.1, -0.05) is 12.1 Å². The summed E-state index contributed by atoms with van der Waals surface area (Å²) >= 11 is 1.14. The van der Waals surface area contributed by atoms with E-state index in [4.69, 9.17) is 0 Å². The Hall–Kier alpha value is -1.46. The third kappa shape index (κ3) is 3.05. The van der Waals surface area contributed by atoms with Gasteiger partial charge in [-0.25, -0.2) is 4.98 Å². The molecule has 0 amide bonds. The molecule has 1 aromatic heterocycles. The number of carbonyl (C=O) groups excluding carboxylic acids is 1. The first-order valence-corrected chi connectivity index (χ1v) is 5.93. The number of Topliss-reactive ketones (excluding diaryl/α,β-unsaturated/α-hetero) is 1. The van der Waals surface area contributed by atoms with Gasteiger partial charge in [0, 0.05) is 0 Å². The van der Waals surface area contributed by atoms with Crippen molar-refractivity contribution in [3.8, 4) is 0 Å². The molecule has 0 atom stereocenters. The van der Waals surface area contributed by atoms with Crippen LogP contribution >= 0.6 is 11.8 Å². The number of hydrogen-bond acceptors (Lipinski definition) is 4. The summed E-state index contributed by atoms with van der Waals surface area (Å²) in [6.07, 6.45) is 0. The Morgan fingerprint density at radius 1 is 1.33 bits per heavy atom. The summed E-state index contributed by atoms with van der Waals surface area (Å²) in [5, 5.41) is 10.0. The molecule has 0 radical (unpaired) electrons. The number of aliphatic hydroxyl groups is 1. The van der Waals surface area contributed by atoms with Gasteiger partial charge in [0.15, 0.2) is 10.9 Å². The van der Waals surface area contributed by atoms with Gasteiger partial charge in [-0.2, -0.15) is 0 Å². The van der Waals surface area contributed by atoms with Crippen molar-refractivity contribution >= 4 is 28.6 Å². The minimum Gasteiger partial charge on any atom is -1.00 e. The van der Waals surface area contributed by atoms with Gasteiger partial charge >= 0.3 is 0 Å². The molecule has 0 aliphatic rings. The van der Waals surface area contributed by atoms with Crippen LogP contribution < -0.4 is 12.4 Å². The lowest BCUT2D eigenvalue weighted by Gasteiger charge is -2.01. The maximum Gasteiger partial charge on any atom is 0.171 e. The first-order chi connectivity index (χ1) is 8.08. The van der Waals surface area contributed by atoms with Crippen LogP contribution in [0.25, 0.3) is 11.0 Å². The number of aromatic amines is 1. The van der Waals surface area contributed by atoms with E-state index in [9.17, 15) is 9.90 Å². The number of halogens is 1. The number of carbonyl (C=O) groups is 1. The second kappa shape index (κ2) is 5.93. The highest BCUT2D eigenvalue weighted by Crippen LogP contribution is 2.28. The van der Waals surface area contributed by atoms with Crippen LogP contribution in [0.3, 0.4) is 0 Å². The predicted octanol–water partition coefficient (Wildman–Crippen LogP) is 0.0375. The molecular formula is C12H12ClN2O2S-. The fourth-order valence-corrected chi connectivity index (χ4v) is 2.26. The Morgan fingerprint density at radius 2 is 2.00 bits per heavy atom. The third-order valence-electron chi connectivity index (χ3n) is 2.21. The standard InChI is InChI=1S/C12H12N2O2S.ClH/c1-7(15)11(8(2)16)17-12-13-9-5-3-4-6-10(9)14-12;/h3-6,15H,1-2H3,(H,13,14);1H/p-1/b11-7-;. The molecule has 18 heavy (non-hydrogen) atoms. The van der Waals surface area contributed by atoms with Crippen molar-refractivity contribution in [2.24, 2.45) is 0 Å². The number of ketones is 1. The number of thioether (sulfide) groups is 1. The van der Waals surface area contributed by atoms with E-state index in [1.54, 1.807) is 0 Å². The van der Waals surface area contributed by atoms with Crippen molar-refractivity contribution in [2.45, 2.75) is 19.0 Å². The Morgan fingerprint density at radius 3 is 2.56 bits per heavy atom. The van der Waals surface area contributed by atoms with E-state index in [-0.39, 0.29) is 23.9 Å². The molecule has 2 rings (SSSR count). The van der Waals surface area contributed by atoms with Crippen LogP contribution in [0.1, 0.15) is 13.8 Å². The molecule has 0 bridgehead atoms. The van der Waals surface area contributed by atoms with Crippen LogP contribution in [-0.2, 0) is 4.79 Å². The van der Waals surface area contributed by atoms with Crippen LogP contribution in [0, 0.1) is 0 Å². The molecule has 6 heteroatoms. The van der Waals surface area contributed by atoms with Gasteiger partial charge in [-0.05, 0) is 37.7 Å². The summed E-state index contributed by atoms with van der Waals surface area (Å²) in [6, 6.07) is 7.61. The van der Waals surface area contributed by atoms with Crippen LogP contribution in [-0.4, -0.2) is 20.9 Å². The maximum absolute atomic E-state index is 11.3. The molecule has 0 aliphatic carbocycles. The summed E-state index contributed by atoms with van der Waals surface area (Å²) < 4.78 is 0. The van der Waals surface area contributed by atoms with Crippen LogP contribution in [0.2, 0.25) is 0 Å². The zero-order valence-electron chi connectivity index (χ0n) is 9.90. The first kappa shape index (κ1) is 14.6. The molecule has 0 aliphatic heterocycles. The largest absolute Gasteiger partial charge is 1.00 e. The molecule has 96 valence electrons. The van der Waals surface area contributed by atoms with E-state index >= 15 is 0 Å². The van der Waals surface area contributed by atoms with Gasteiger partial charge < -0.3 is 22.5 Å². The Balaban J connectivity index is 0.00000162. The average Bonchev–Trinajstić information content (AvgIpc) is 2.67. The van der Waals surface area contributed by atoms with Gasteiger partial charge in [-0.3, -0.25) is 4.79 Å². The quantitative estimate of drug-likeness (QED) is 0.474. The van der Waals surface area contributed by atoms with E-state index < -0.39 is 0 Å². The Labute approximate surface area is 115 Å². The monoisotopic (exact) mass is 283 g/mol. The molecule has 2 aromatic rings. The van der Waals surface area contributed by atoms with Gasteiger partial charge in [0.25, 0.3) is 0 Å². The van der Waals surface area contributed by atoms with Gasteiger partial charge in [0.05, 0.1) is 15.9 Å². The van der Waals surface area contributed by atoms with E-state index in [0.717, 1.165) is 22.8 Å². The van der Waals surface area contributed by atoms with E-state index in [0.29, 0.717) is 10.1 Å². The summed E-state index contributed by atoms with van der Waals surface area (Å²) in [4.78, 5) is 19.1. The number of aliphatic hydroxyl groups excluding tert-OH is 1. The lowest BCUT2D eigenvalue weighted by atomic mass is 10.3. The van der Waals surface area contributed by atoms with E-state index in [1.165, 1.54) is 13.8 Å². The Kier molecular flexibility index (Phi) is 4.81. The minimum absolute atomic E-state index is 0. The number of H-pyrrole nitrogens is 1. The number of para-hydroxylation sites is 2. The number of hydrogen-bond donors (Lipinski definition) is 2. The molecule has 4 nitrogen and oxygen atoms in total. The minimum atomic E-state index is -0.171. The maximum atomic E-state index is 11.3. The van der Waals surface area contributed by atoms with Crippen molar-refractivity contribution in [3.05, 3.63) is 34.9 Å². The second-order valence-electron chi connectivity index (χ2n) is 3.63. The predicted molar refractivity (Wildman–Crippen MR) is 68.0 cm³/mol. The third-order valence-corrected chi connectivity index (χ3v) is 3.39. The molecule has 0 unspecified atom stereocenters. The molecular weight excluding hydrogens is 272 g/mol. The highest BCUT2D eigenvalue weighted by molar-refractivity contribution is 8.03. The number of rotatable bonds is 3. The van der Waals surface area contributed by atoms with Crippen LogP contribution in [0.15, 0.2) is 40.1 Å². The Bertz CT molecular complexity index is 570. The van der Waals surface area contributed by atoms with Gasteiger partial charge in [0.2, 0.25) is 0 Å². The second-order valence-corrected chi connectivity index (χ2v) is 4.63. The fourth-order valence-electron chi connectivity index (χ4n) is 1.47. The smallest absolute Gasteiger partial charge is 0.171 e. The number of imidazole rings is 1. The van der Waals surface area contributed by atoms with Crippen molar-refractivity contribution in [1.82, 2.24) is 9.97 Å². The van der Waals surface area contributed by atoms with Gasteiger partial charge in [0.1, 0.15) is 5.76 Å². The van der Waals surface area contributed by atoms with Crippen molar-refractivity contribution in [3.63, 3.8) is 0 Å². The summed E-state index contributed by atoms with van der Waals surface area (Å²) in [5.74, 6) is -0.154. The zero-order chi connectivity index (χ0) is 12.4. The van der Waals surface area contributed by atoms with Crippen LogP contribution in [0.5, 0.6) is 0 Å². The zero-order valence-corrected chi connectivity index (χ0v) is 11.5. The van der Waals surface area contributed by atoms with E-state index in [1.807, 2.05) is 24.3 Å². The number of benzene rings is 1. The average molecular weight is 284 g/mol. The lowest BCUT2D eigenvalue weighted by molar-refractivity contribution is -0.113. The molecule has 0 spiro atoms. The van der Waals surface area contributed by atoms with Crippen molar-refractivity contribution in [2.75, 3.05) is 0 Å². The highest BCUT2D eigenvalue weighted by atomic mass is 35.5. The normalized spacial score (nSPS) is 11.9. The number of allylic oxidation sites excluding steroid dienone is 2. The lowest BCUT2D eigenvalue weighted by Crippen LogP contribution is -3.00. The molecule has 0 fully saturated rings. The van der Waals surface area contributed by atoms with Crippen molar-refractivity contribution < 1.29 is 22.3 Å². The first-order valence-electron chi connectivity index (χ1n) is 5.11. The molecule has 0 saturated carbocycles. The van der Waals surface area contributed by atoms with E-state index in [2.05, 4.69) is 9.97 Å². The van der Waals surface area contributed by atoms with Crippen molar-refractivity contribution in [1.29, 1.82) is 0 Å². The SMILES string of the molecule is CC(=O)/C(Sc1nc2ccccc2[nH]1)=C(\C)O.[Cl-].